The number of rotatable bonds is 6. The van der Waals surface area contributed by atoms with Crippen LogP contribution in [0.15, 0.2) is 70.5 Å². The van der Waals surface area contributed by atoms with Gasteiger partial charge in [-0.25, -0.2) is 4.79 Å². The number of ketones is 1. The maximum atomic E-state index is 12.6. The van der Waals surface area contributed by atoms with Crippen LogP contribution in [0.25, 0.3) is 0 Å². The molecule has 0 unspecified atom stereocenters. The van der Waals surface area contributed by atoms with E-state index in [0.717, 1.165) is 4.47 Å². The number of halogens is 1. The third kappa shape index (κ3) is 4.90. The Kier molecular flexibility index (Phi) is 6.16. The van der Waals surface area contributed by atoms with Crippen molar-refractivity contribution in [1.82, 2.24) is 0 Å². The first kappa shape index (κ1) is 19.0. The Morgan fingerprint density at radius 2 is 1.63 bits per heavy atom. The van der Waals surface area contributed by atoms with E-state index in [1.807, 2.05) is 0 Å². The number of carbonyl (C=O) groups excluding carboxylic acids is 3. The minimum Gasteiger partial charge on any atom is -0.452 e. The molecule has 0 saturated carbocycles. The summed E-state index contributed by atoms with van der Waals surface area (Å²) < 4.78 is 5.97. The molecule has 0 bridgehead atoms. The molecular formula is C20H14BrNO4S. The number of esters is 1. The van der Waals surface area contributed by atoms with E-state index in [-0.39, 0.29) is 16.9 Å². The van der Waals surface area contributed by atoms with Crippen molar-refractivity contribution >= 4 is 50.6 Å². The summed E-state index contributed by atoms with van der Waals surface area (Å²) in [4.78, 5) is 37.4. The van der Waals surface area contributed by atoms with Crippen molar-refractivity contribution in [3.63, 3.8) is 0 Å². The topological polar surface area (TPSA) is 72.5 Å². The minimum absolute atomic E-state index is 0.132. The molecule has 27 heavy (non-hydrogen) atoms. The fourth-order valence-electron chi connectivity index (χ4n) is 2.34. The van der Waals surface area contributed by atoms with Crippen LogP contribution < -0.4 is 5.32 Å². The van der Waals surface area contributed by atoms with E-state index in [0.29, 0.717) is 10.6 Å². The number of amides is 1. The van der Waals surface area contributed by atoms with Crippen LogP contribution in [0.3, 0.4) is 0 Å². The number of nitrogens with one attached hydrogen (secondary N) is 1. The highest BCUT2D eigenvalue weighted by atomic mass is 79.9. The van der Waals surface area contributed by atoms with Crippen LogP contribution in [0.1, 0.15) is 25.6 Å². The quantitative estimate of drug-likeness (QED) is 0.448. The average Bonchev–Trinajstić information content (AvgIpc) is 3.22. The van der Waals surface area contributed by atoms with Crippen molar-refractivity contribution in [2.75, 3.05) is 11.9 Å². The van der Waals surface area contributed by atoms with Crippen molar-refractivity contribution in [1.29, 1.82) is 0 Å². The third-order valence-corrected chi connectivity index (χ3v) is 5.00. The van der Waals surface area contributed by atoms with Crippen LogP contribution in [0.5, 0.6) is 0 Å². The first-order chi connectivity index (χ1) is 13.0. The number of benzene rings is 2. The monoisotopic (exact) mass is 443 g/mol. The molecular weight excluding hydrogens is 430 g/mol. The van der Waals surface area contributed by atoms with Gasteiger partial charge in [-0.05, 0) is 41.8 Å². The molecule has 0 spiro atoms. The van der Waals surface area contributed by atoms with E-state index >= 15 is 0 Å². The highest BCUT2D eigenvalue weighted by molar-refractivity contribution is 9.10. The average molecular weight is 444 g/mol. The summed E-state index contributed by atoms with van der Waals surface area (Å²) in [6.45, 7) is -0.448. The molecule has 0 radical (unpaired) electrons. The van der Waals surface area contributed by atoms with Crippen LogP contribution in [-0.4, -0.2) is 24.3 Å². The Bertz CT molecular complexity index is 968. The molecule has 2 aromatic carbocycles. The van der Waals surface area contributed by atoms with E-state index in [4.69, 9.17) is 4.74 Å². The molecule has 1 heterocycles. The Morgan fingerprint density at radius 3 is 2.30 bits per heavy atom. The number of carbonyl (C=O) groups is 3. The van der Waals surface area contributed by atoms with E-state index in [1.54, 1.807) is 60.0 Å². The number of hydrogen-bond donors (Lipinski definition) is 1. The highest BCUT2D eigenvalue weighted by Crippen LogP contribution is 2.19. The van der Waals surface area contributed by atoms with Crippen molar-refractivity contribution < 1.29 is 19.1 Å². The van der Waals surface area contributed by atoms with Crippen molar-refractivity contribution in [2.45, 2.75) is 0 Å². The van der Waals surface area contributed by atoms with Gasteiger partial charge in [-0.1, -0.05) is 40.2 Å². The molecule has 1 amide bonds. The predicted molar refractivity (Wildman–Crippen MR) is 107 cm³/mol. The zero-order valence-electron chi connectivity index (χ0n) is 14.0. The summed E-state index contributed by atoms with van der Waals surface area (Å²) in [5.41, 5.74) is 0.970. The summed E-state index contributed by atoms with van der Waals surface area (Å²) in [5, 5.41) is 4.43. The van der Waals surface area contributed by atoms with Crippen molar-refractivity contribution in [3.8, 4) is 0 Å². The fourth-order valence-corrected chi connectivity index (χ4v) is 3.28. The van der Waals surface area contributed by atoms with Gasteiger partial charge in [0.1, 0.15) is 0 Å². The van der Waals surface area contributed by atoms with Gasteiger partial charge >= 0.3 is 5.97 Å². The van der Waals surface area contributed by atoms with Crippen LogP contribution >= 0.6 is 27.3 Å². The first-order valence-corrected chi connectivity index (χ1v) is 9.61. The molecule has 0 aliphatic rings. The molecule has 0 fully saturated rings. The molecule has 0 aliphatic heterocycles. The van der Waals surface area contributed by atoms with Crippen molar-refractivity contribution in [3.05, 3.63) is 86.5 Å². The number of hydrogen-bond acceptors (Lipinski definition) is 5. The van der Waals surface area contributed by atoms with Gasteiger partial charge in [0, 0.05) is 15.7 Å². The molecule has 0 atom stereocenters. The zero-order valence-corrected chi connectivity index (χ0v) is 16.4. The van der Waals surface area contributed by atoms with Gasteiger partial charge < -0.3 is 10.1 Å². The summed E-state index contributed by atoms with van der Waals surface area (Å²) in [6.07, 6.45) is 0. The smallest absolute Gasteiger partial charge is 0.339 e. The summed E-state index contributed by atoms with van der Waals surface area (Å²) >= 11 is 4.61. The van der Waals surface area contributed by atoms with Crippen LogP contribution in [0.4, 0.5) is 5.69 Å². The van der Waals surface area contributed by atoms with Gasteiger partial charge in [0.15, 0.2) is 6.61 Å². The zero-order chi connectivity index (χ0) is 19.2. The van der Waals surface area contributed by atoms with Crippen LogP contribution in [0, 0.1) is 0 Å². The lowest BCUT2D eigenvalue weighted by atomic mass is 10.0. The molecule has 7 heteroatoms. The summed E-state index contributed by atoms with van der Waals surface area (Å²) in [6, 6.07) is 16.9. The van der Waals surface area contributed by atoms with Gasteiger partial charge in [-0.2, -0.15) is 0 Å². The SMILES string of the molecule is O=C(COC(=O)c1ccccc1C(=O)c1cccs1)Nc1ccc(Br)cc1. The Hall–Kier alpha value is -2.77. The predicted octanol–water partition coefficient (Wildman–Crippen LogP) is 4.54. The molecule has 1 aromatic heterocycles. The van der Waals surface area contributed by atoms with Crippen LogP contribution in [-0.2, 0) is 9.53 Å². The van der Waals surface area contributed by atoms with E-state index < -0.39 is 18.5 Å². The molecule has 3 aromatic rings. The maximum absolute atomic E-state index is 12.6. The second-order valence-electron chi connectivity index (χ2n) is 5.48. The van der Waals surface area contributed by atoms with E-state index in [1.165, 1.54) is 17.4 Å². The van der Waals surface area contributed by atoms with Crippen LogP contribution in [0.2, 0.25) is 0 Å². The third-order valence-electron chi connectivity index (χ3n) is 3.60. The molecule has 3 rings (SSSR count). The van der Waals surface area contributed by atoms with Gasteiger partial charge in [-0.15, -0.1) is 11.3 Å². The lowest BCUT2D eigenvalue weighted by Crippen LogP contribution is -2.22. The van der Waals surface area contributed by atoms with Crippen molar-refractivity contribution in [2.24, 2.45) is 0 Å². The number of anilines is 1. The van der Waals surface area contributed by atoms with Gasteiger partial charge in [0.25, 0.3) is 5.91 Å². The number of ether oxygens (including phenoxy) is 1. The molecule has 0 aliphatic carbocycles. The number of thiophene rings is 1. The first-order valence-electron chi connectivity index (χ1n) is 7.94. The standard InChI is InChI=1S/C20H14BrNO4S/c21-13-7-9-14(10-8-13)22-18(23)12-26-20(25)16-5-2-1-4-15(16)19(24)17-6-3-11-27-17/h1-11H,12H2,(H,22,23). The van der Waals surface area contributed by atoms with E-state index in [9.17, 15) is 14.4 Å². The van der Waals surface area contributed by atoms with E-state index in [2.05, 4.69) is 21.2 Å². The molecule has 1 N–H and O–H groups in total. The molecule has 136 valence electrons. The largest absolute Gasteiger partial charge is 0.452 e. The Balaban J connectivity index is 1.65. The second-order valence-corrected chi connectivity index (χ2v) is 7.35. The second kappa shape index (κ2) is 8.75. The lowest BCUT2D eigenvalue weighted by Gasteiger charge is -2.09. The molecule has 0 saturated heterocycles. The lowest BCUT2D eigenvalue weighted by molar-refractivity contribution is -0.119. The highest BCUT2D eigenvalue weighted by Gasteiger charge is 2.20. The minimum atomic E-state index is -0.721. The van der Waals surface area contributed by atoms with Gasteiger partial charge in [0.05, 0.1) is 10.4 Å². The van der Waals surface area contributed by atoms with Gasteiger partial charge in [0.2, 0.25) is 5.78 Å². The summed E-state index contributed by atoms with van der Waals surface area (Å²) in [7, 11) is 0. The maximum Gasteiger partial charge on any atom is 0.339 e. The Morgan fingerprint density at radius 1 is 0.926 bits per heavy atom. The van der Waals surface area contributed by atoms with Gasteiger partial charge in [-0.3, -0.25) is 9.59 Å². The fraction of sp³-hybridized carbons (Fsp3) is 0.0500. The molecule has 5 nitrogen and oxygen atoms in total. The normalized spacial score (nSPS) is 10.3. The Labute approximate surface area is 168 Å². The summed E-state index contributed by atoms with van der Waals surface area (Å²) in [5.74, 6) is -1.44.